The monoisotopic (exact) mass is 347 g/mol. The third-order valence-electron chi connectivity index (χ3n) is 3.98. The fourth-order valence-electron chi connectivity index (χ4n) is 2.81. The molecule has 0 aromatic heterocycles. The number of rotatable bonds is 5. The van der Waals surface area contributed by atoms with E-state index in [1.54, 1.807) is 6.07 Å². The zero-order valence-corrected chi connectivity index (χ0v) is 13.1. The Balaban J connectivity index is 1.91. The number of nitro benzene ring substituents is 1. The number of aliphatic hydroxyl groups is 1. The van der Waals surface area contributed by atoms with Crippen LogP contribution in [0, 0.1) is 10.1 Å². The molecule has 0 spiro atoms. The normalized spacial score (nSPS) is 19.0. The van der Waals surface area contributed by atoms with Gasteiger partial charge in [-0.15, -0.1) is 0 Å². The number of non-ortho nitro benzene ring substituents is 1. The number of β-amino-alcohol motifs (C(OH)–C–C–N with tert-alkyl or cyclic N) is 1. The molecule has 0 saturated carbocycles. The summed E-state index contributed by atoms with van der Waals surface area (Å²) < 4.78 is 37.4. The molecular formula is C15H20F3N3O3. The minimum atomic E-state index is -4.21. The average molecular weight is 347 g/mol. The molecule has 1 aromatic rings. The van der Waals surface area contributed by atoms with Crippen molar-refractivity contribution in [1.29, 1.82) is 0 Å². The molecule has 0 bridgehead atoms. The third-order valence-corrected chi connectivity index (χ3v) is 3.98. The van der Waals surface area contributed by atoms with E-state index in [0.29, 0.717) is 31.6 Å². The number of aliphatic hydroxyl groups excluding tert-OH is 1. The highest BCUT2D eigenvalue weighted by Gasteiger charge is 2.31. The van der Waals surface area contributed by atoms with Gasteiger partial charge >= 0.3 is 6.18 Å². The van der Waals surface area contributed by atoms with Crippen LogP contribution in [-0.4, -0.2) is 65.3 Å². The average Bonchev–Trinajstić information content (AvgIpc) is 2.71. The quantitative estimate of drug-likeness (QED) is 0.653. The standard InChI is InChI=1S/C15H20F3N3O3/c16-15(17,18)11-20-6-2-5-19(7-8-20)10-14(22)12-3-1-4-13(9-12)21(23)24/h1,3-4,9,14,22H,2,5-8,10-11H2. The second-order valence-corrected chi connectivity index (χ2v) is 5.91. The lowest BCUT2D eigenvalue weighted by atomic mass is 10.1. The zero-order chi connectivity index (χ0) is 17.7. The Bertz CT molecular complexity index is 568. The summed E-state index contributed by atoms with van der Waals surface area (Å²) >= 11 is 0. The second-order valence-electron chi connectivity index (χ2n) is 5.91. The number of nitro groups is 1. The van der Waals surface area contributed by atoms with Gasteiger partial charge in [-0.25, -0.2) is 0 Å². The predicted molar refractivity (Wildman–Crippen MR) is 81.6 cm³/mol. The van der Waals surface area contributed by atoms with Crippen molar-refractivity contribution in [1.82, 2.24) is 9.80 Å². The van der Waals surface area contributed by atoms with Crippen LogP contribution >= 0.6 is 0 Å². The first-order valence-corrected chi connectivity index (χ1v) is 7.68. The molecule has 0 aliphatic carbocycles. The van der Waals surface area contributed by atoms with Crippen LogP contribution in [0.2, 0.25) is 0 Å². The molecule has 2 rings (SSSR count). The molecule has 1 unspecified atom stereocenters. The Hall–Kier alpha value is -1.71. The van der Waals surface area contributed by atoms with E-state index in [1.165, 1.54) is 23.1 Å². The van der Waals surface area contributed by atoms with Crippen molar-refractivity contribution in [2.75, 3.05) is 39.3 Å². The van der Waals surface area contributed by atoms with E-state index in [2.05, 4.69) is 0 Å². The number of benzene rings is 1. The number of halogens is 3. The fraction of sp³-hybridized carbons (Fsp3) is 0.600. The number of alkyl halides is 3. The highest BCUT2D eigenvalue weighted by atomic mass is 19.4. The lowest BCUT2D eigenvalue weighted by Crippen LogP contribution is -2.37. The molecule has 1 fully saturated rings. The summed E-state index contributed by atoms with van der Waals surface area (Å²) in [6.07, 6.45) is -4.55. The second kappa shape index (κ2) is 7.91. The minimum absolute atomic E-state index is 0.0984. The number of hydrogen-bond donors (Lipinski definition) is 1. The maximum Gasteiger partial charge on any atom is 0.401 e. The van der Waals surface area contributed by atoms with Crippen molar-refractivity contribution in [3.8, 4) is 0 Å². The van der Waals surface area contributed by atoms with Gasteiger partial charge in [0.1, 0.15) is 0 Å². The molecule has 0 radical (unpaired) electrons. The van der Waals surface area contributed by atoms with Crippen molar-refractivity contribution in [2.45, 2.75) is 18.7 Å². The van der Waals surface area contributed by atoms with Crippen LogP contribution in [0.15, 0.2) is 24.3 Å². The zero-order valence-electron chi connectivity index (χ0n) is 13.1. The summed E-state index contributed by atoms with van der Waals surface area (Å²) in [5.41, 5.74) is 0.333. The van der Waals surface area contributed by atoms with Gasteiger partial charge in [-0.1, -0.05) is 12.1 Å². The van der Waals surface area contributed by atoms with Crippen LogP contribution in [-0.2, 0) is 0 Å². The van der Waals surface area contributed by atoms with Gasteiger partial charge in [-0.2, -0.15) is 13.2 Å². The molecule has 1 aliphatic rings. The van der Waals surface area contributed by atoms with Crippen molar-refractivity contribution in [2.24, 2.45) is 0 Å². The molecule has 1 heterocycles. The fourth-order valence-corrected chi connectivity index (χ4v) is 2.81. The Morgan fingerprint density at radius 2 is 1.88 bits per heavy atom. The number of nitrogens with zero attached hydrogens (tertiary/aromatic N) is 3. The molecular weight excluding hydrogens is 327 g/mol. The molecule has 1 N–H and O–H groups in total. The predicted octanol–water partition coefficient (Wildman–Crippen LogP) is 2.20. The molecule has 24 heavy (non-hydrogen) atoms. The summed E-state index contributed by atoms with van der Waals surface area (Å²) in [6, 6.07) is 5.77. The molecule has 0 amide bonds. The lowest BCUT2D eigenvalue weighted by Gasteiger charge is -2.24. The maximum atomic E-state index is 12.5. The van der Waals surface area contributed by atoms with Gasteiger partial charge in [0.25, 0.3) is 5.69 Å². The van der Waals surface area contributed by atoms with E-state index in [-0.39, 0.29) is 18.8 Å². The Kier molecular flexibility index (Phi) is 6.14. The van der Waals surface area contributed by atoms with Gasteiger partial charge in [-0.3, -0.25) is 19.9 Å². The smallest absolute Gasteiger partial charge is 0.387 e. The van der Waals surface area contributed by atoms with Crippen LogP contribution in [0.25, 0.3) is 0 Å². The van der Waals surface area contributed by atoms with Crippen molar-refractivity contribution >= 4 is 5.69 Å². The van der Waals surface area contributed by atoms with E-state index >= 15 is 0 Å². The first kappa shape index (κ1) is 18.6. The van der Waals surface area contributed by atoms with Gasteiger partial charge in [0.15, 0.2) is 0 Å². The van der Waals surface area contributed by atoms with Crippen molar-refractivity contribution in [3.63, 3.8) is 0 Å². The molecule has 1 atom stereocenters. The van der Waals surface area contributed by atoms with Crippen LogP contribution in [0.1, 0.15) is 18.1 Å². The Morgan fingerprint density at radius 1 is 1.21 bits per heavy atom. The van der Waals surface area contributed by atoms with E-state index < -0.39 is 23.7 Å². The van der Waals surface area contributed by atoms with Gasteiger partial charge < -0.3 is 5.11 Å². The van der Waals surface area contributed by atoms with E-state index in [0.717, 1.165) is 0 Å². The Morgan fingerprint density at radius 3 is 2.54 bits per heavy atom. The van der Waals surface area contributed by atoms with Crippen LogP contribution in [0.4, 0.5) is 18.9 Å². The SMILES string of the molecule is O=[N+]([O-])c1cccc(C(O)CN2CCCN(CC(F)(F)F)CC2)c1. The topological polar surface area (TPSA) is 69.8 Å². The van der Waals surface area contributed by atoms with E-state index in [9.17, 15) is 28.4 Å². The molecule has 6 nitrogen and oxygen atoms in total. The van der Waals surface area contributed by atoms with Gasteiger partial charge in [-0.05, 0) is 25.1 Å². The molecule has 1 aliphatic heterocycles. The minimum Gasteiger partial charge on any atom is -0.387 e. The summed E-state index contributed by atoms with van der Waals surface area (Å²) in [6.45, 7) is 0.960. The van der Waals surface area contributed by atoms with E-state index in [1.807, 2.05) is 4.90 Å². The van der Waals surface area contributed by atoms with Crippen LogP contribution in [0.5, 0.6) is 0 Å². The summed E-state index contributed by atoms with van der Waals surface area (Å²) in [5, 5.41) is 21.0. The van der Waals surface area contributed by atoms with Gasteiger partial charge in [0.05, 0.1) is 17.6 Å². The lowest BCUT2D eigenvalue weighted by molar-refractivity contribution is -0.385. The Labute approximate surface area is 137 Å². The summed E-state index contributed by atoms with van der Waals surface area (Å²) in [7, 11) is 0. The van der Waals surface area contributed by atoms with Gasteiger partial charge in [0, 0.05) is 31.8 Å². The van der Waals surface area contributed by atoms with Crippen molar-refractivity contribution < 1.29 is 23.2 Å². The molecule has 9 heteroatoms. The summed E-state index contributed by atoms with van der Waals surface area (Å²) in [4.78, 5) is 13.5. The summed E-state index contributed by atoms with van der Waals surface area (Å²) in [5.74, 6) is 0. The van der Waals surface area contributed by atoms with Gasteiger partial charge in [0.2, 0.25) is 0 Å². The third kappa shape index (κ3) is 5.73. The largest absolute Gasteiger partial charge is 0.401 e. The maximum absolute atomic E-state index is 12.5. The van der Waals surface area contributed by atoms with Crippen LogP contribution in [0.3, 0.4) is 0 Å². The van der Waals surface area contributed by atoms with E-state index in [4.69, 9.17) is 0 Å². The molecule has 134 valence electrons. The number of hydrogen-bond acceptors (Lipinski definition) is 5. The first-order valence-electron chi connectivity index (χ1n) is 7.68. The van der Waals surface area contributed by atoms with Crippen LogP contribution < -0.4 is 0 Å². The highest BCUT2D eigenvalue weighted by molar-refractivity contribution is 5.35. The molecule has 1 aromatic carbocycles. The van der Waals surface area contributed by atoms with Crippen molar-refractivity contribution in [3.05, 3.63) is 39.9 Å². The first-order chi connectivity index (χ1) is 11.2. The highest BCUT2D eigenvalue weighted by Crippen LogP contribution is 2.21. The molecule has 1 saturated heterocycles.